The van der Waals surface area contributed by atoms with E-state index >= 15 is 0 Å². The molecule has 4 aromatic carbocycles. The van der Waals surface area contributed by atoms with Crippen molar-refractivity contribution < 1.29 is 4.43 Å². The highest BCUT2D eigenvalue weighted by Gasteiger charge is 2.39. The summed E-state index contributed by atoms with van der Waals surface area (Å²) in [5, 5.41) is 3.14. The summed E-state index contributed by atoms with van der Waals surface area (Å²) < 4.78 is 6.33. The van der Waals surface area contributed by atoms with Gasteiger partial charge >= 0.3 is 0 Å². The second-order valence-corrected chi connectivity index (χ2v) is 9.70. The molecule has 0 heterocycles. The van der Waals surface area contributed by atoms with Gasteiger partial charge < -0.3 is 4.43 Å². The summed E-state index contributed by atoms with van der Waals surface area (Å²) >= 11 is 3.74. The highest BCUT2D eigenvalue weighted by molar-refractivity contribution is 9.08. The van der Waals surface area contributed by atoms with Crippen LogP contribution in [0.2, 0.25) is 0 Å². The number of halogens is 1. The van der Waals surface area contributed by atoms with E-state index < -0.39 is 5.60 Å². The Morgan fingerprint density at radius 3 is 1.81 bits per heavy atom. The number of benzene rings is 4. The molecule has 0 saturated carbocycles. The highest BCUT2D eigenvalue weighted by Crippen LogP contribution is 2.45. The van der Waals surface area contributed by atoms with Crippen molar-refractivity contribution in [2.75, 3.05) is 0 Å². The van der Waals surface area contributed by atoms with E-state index in [0.29, 0.717) is 0 Å². The van der Waals surface area contributed by atoms with Gasteiger partial charge in [-0.2, -0.15) is 0 Å². The van der Waals surface area contributed by atoms with Crippen LogP contribution in [0, 0.1) is 0 Å². The van der Waals surface area contributed by atoms with Crippen LogP contribution in [-0.4, -0.2) is 10.5 Å². The molecule has 0 N–H and O–H groups in total. The Balaban J connectivity index is 2.13. The van der Waals surface area contributed by atoms with Crippen LogP contribution in [0.1, 0.15) is 48.6 Å². The second-order valence-electron chi connectivity index (χ2n) is 8.93. The van der Waals surface area contributed by atoms with Gasteiger partial charge in [-0.3, -0.25) is 0 Å². The summed E-state index contributed by atoms with van der Waals surface area (Å²) in [4.78, 5) is 0. The monoisotopic (exact) mass is 485 g/mol. The van der Waals surface area contributed by atoms with Gasteiger partial charge in [0, 0.05) is 10.9 Å². The van der Waals surface area contributed by atoms with Crippen LogP contribution < -0.4 is 0 Å². The first-order chi connectivity index (χ1) is 14.9. The lowest BCUT2D eigenvalue weighted by Crippen LogP contribution is -2.33. The third kappa shape index (κ3) is 3.91. The van der Waals surface area contributed by atoms with Gasteiger partial charge in [0.1, 0.15) is 5.60 Å². The SMILES string of the molecule is CC(C)(C)c1ccc2c(C(O[Si])(c3ccccc3)c3ccccc3)c(CBr)ccc2c1. The predicted molar refractivity (Wildman–Crippen MR) is 135 cm³/mol. The first-order valence-corrected chi connectivity index (χ1v) is 12.0. The Hall–Kier alpha value is -2.20. The van der Waals surface area contributed by atoms with E-state index in [4.69, 9.17) is 4.43 Å². The quantitative estimate of drug-likeness (QED) is 0.162. The van der Waals surface area contributed by atoms with E-state index in [1.807, 2.05) is 12.1 Å². The Kier molecular flexibility index (Phi) is 6.20. The molecular weight excluding hydrogens is 460 g/mol. The topological polar surface area (TPSA) is 9.23 Å². The molecule has 0 unspecified atom stereocenters. The van der Waals surface area contributed by atoms with Gasteiger partial charge in [-0.25, -0.2) is 0 Å². The van der Waals surface area contributed by atoms with Gasteiger partial charge in [0.25, 0.3) is 0 Å². The minimum Gasteiger partial charge on any atom is -0.401 e. The predicted octanol–water partition coefficient (Wildman–Crippen LogP) is 7.42. The molecule has 4 aromatic rings. The van der Waals surface area contributed by atoms with Crippen molar-refractivity contribution in [3.63, 3.8) is 0 Å². The van der Waals surface area contributed by atoms with E-state index in [2.05, 4.69) is 126 Å². The average molecular weight is 487 g/mol. The molecule has 0 amide bonds. The second kappa shape index (κ2) is 8.74. The van der Waals surface area contributed by atoms with Crippen molar-refractivity contribution in [1.29, 1.82) is 0 Å². The van der Waals surface area contributed by atoms with Crippen LogP contribution in [0.25, 0.3) is 10.8 Å². The van der Waals surface area contributed by atoms with Crippen LogP contribution in [-0.2, 0) is 20.8 Å². The summed E-state index contributed by atoms with van der Waals surface area (Å²) in [5.41, 5.74) is 5.10. The molecule has 0 bridgehead atoms. The van der Waals surface area contributed by atoms with Gasteiger partial charge in [-0.1, -0.05) is 128 Å². The molecule has 1 nitrogen and oxygen atoms in total. The van der Waals surface area contributed by atoms with Crippen molar-refractivity contribution in [2.45, 2.75) is 37.1 Å². The molecule has 0 saturated heterocycles. The van der Waals surface area contributed by atoms with Crippen LogP contribution >= 0.6 is 15.9 Å². The fraction of sp³-hybridized carbons (Fsp3) is 0.214. The van der Waals surface area contributed by atoms with Gasteiger partial charge in [-0.15, -0.1) is 0 Å². The maximum Gasteiger partial charge on any atom is 0.248 e. The van der Waals surface area contributed by atoms with Crippen LogP contribution in [0.15, 0.2) is 91.0 Å². The van der Waals surface area contributed by atoms with Gasteiger partial charge in [0.15, 0.2) is 0 Å². The third-order valence-corrected chi connectivity index (χ3v) is 6.89. The zero-order chi connectivity index (χ0) is 22.1. The fourth-order valence-corrected chi connectivity index (χ4v) is 5.14. The van der Waals surface area contributed by atoms with Crippen LogP contribution in [0.5, 0.6) is 0 Å². The van der Waals surface area contributed by atoms with E-state index in [9.17, 15) is 0 Å². The molecule has 0 fully saturated rings. The molecule has 0 atom stereocenters. The maximum atomic E-state index is 6.33. The minimum absolute atomic E-state index is 0.0873. The molecule has 0 aromatic heterocycles. The van der Waals surface area contributed by atoms with Crippen LogP contribution in [0.3, 0.4) is 0 Å². The number of alkyl halides is 1. The summed E-state index contributed by atoms with van der Waals surface area (Å²) in [7, 11) is 3.52. The van der Waals surface area contributed by atoms with Crippen molar-refractivity contribution in [1.82, 2.24) is 0 Å². The van der Waals surface area contributed by atoms with E-state index in [1.54, 1.807) is 0 Å². The Labute approximate surface area is 197 Å². The van der Waals surface area contributed by atoms with Crippen molar-refractivity contribution in [3.8, 4) is 0 Å². The van der Waals surface area contributed by atoms with Gasteiger partial charge in [-0.05, 0) is 38.4 Å². The summed E-state index contributed by atoms with van der Waals surface area (Å²) in [6, 6.07) is 32.1. The fourth-order valence-electron chi connectivity index (χ4n) is 4.34. The van der Waals surface area contributed by atoms with Crippen molar-refractivity contribution in [3.05, 3.63) is 119 Å². The minimum atomic E-state index is -0.800. The molecule has 31 heavy (non-hydrogen) atoms. The standard InChI is InChI=1S/C28H26BrOSi/c1-27(2,3)24-16-17-25-20(18-24)14-15-21(19-29)26(25)28(30-31,22-10-6-4-7-11-22)23-12-8-5-9-13-23/h4-18H,19H2,1-3H3. The van der Waals surface area contributed by atoms with Crippen LogP contribution in [0.4, 0.5) is 0 Å². The largest absolute Gasteiger partial charge is 0.401 e. The molecule has 3 heteroatoms. The molecule has 0 aliphatic rings. The average Bonchev–Trinajstić information content (AvgIpc) is 2.80. The lowest BCUT2D eigenvalue weighted by molar-refractivity contribution is 0.174. The highest BCUT2D eigenvalue weighted by atomic mass is 79.9. The Morgan fingerprint density at radius 2 is 1.32 bits per heavy atom. The molecule has 4 rings (SSSR count). The van der Waals surface area contributed by atoms with E-state index in [0.717, 1.165) is 22.0 Å². The third-order valence-electron chi connectivity index (χ3n) is 5.98. The number of hydrogen-bond donors (Lipinski definition) is 0. The summed E-state index contributed by atoms with van der Waals surface area (Å²) in [6.07, 6.45) is 0. The first-order valence-electron chi connectivity index (χ1n) is 10.5. The number of hydrogen-bond acceptors (Lipinski definition) is 1. The zero-order valence-corrected chi connectivity index (χ0v) is 20.7. The maximum absolute atomic E-state index is 6.33. The van der Waals surface area contributed by atoms with E-state index in [1.165, 1.54) is 21.9 Å². The number of fused-ring (bicyclic) bond motifs is 1. The summed E-state index contributed by atoms with van der Waals surface area (Å²) in [6.45, 7) is 6.75. The molecule has 0 aliphatic heterocycles. The van der Waals surface area contributed by atoms with Crippen molar-refractivity contribution in [2.24, 2.45) is 0 Å². The molecule has 0 aliphatic carbocycles. The molecule has 155 valence electrons. The van der Waals surface area contributed by atoms with Gasteiger partial charge in [0.05, 0.1) is 0 Å². The Bertz CT molecular complexity index is 1140. The smallest absolute Gasteiger partial charge is 0.248 e. The molecule has 0 spiro atoms. The normalized spacial score (nSPS) is 12.3. The lowest BCUT2D eigenvalue weighted by Gasteiger charge is -2.37. The summed E-state index contributed by atoms with van der Waals surface area (Å²) in [5.74, 6) is 0. The first kappa shape index (κ1) is 22.0. The van der Waals surface area contributed by atoms with E-state index in [-0.39, 0.29) is 5.41 Å². The van der Waals surface area contributed by atoms with Gasteiger partial charge in [0.2, 0.25) is 10.5 Å². The molecule has 3 radical (unpaired) electrons. The zero-order valence-electron chi connectivity index (χ0n) is 18.2. The Morgan fingerprint density at radius 1 is 0.742 bits per heavy atom. The van der Waals surface area contributed by atoms with Crippen molar-refractivity contribution >= 4 is 37.2 Å². The lowest BCUT2D eigenvalue weighted by atomic mass is 9.76. The number of rotatable bonds is 5. The molecular formula is C28H26BrOSi.